The molecule has 0 aliphatic rings. The van der Waals surface area contributed by atoms with E-state index in [0.29, 0.717) is 12.0 Å². The molecule has 0 saturated heterocycles. The van der Waals surface area contributed by atoms with Crippen LogP contribution in [0.1, 0.15) is 42.1 Å². The summed E-state index contributed by atoms with van der Waals surface area (Å²) in [4.78, 5) is 2.81. The predicted octanol–water partition coefficient (Wildman–Crippen LogP) is 3.67. The Kier molecular flexibility index (Phi) is 5.05. The summed E-state index contributed by atoms with van der Waals surface area (Å²) in [6.07, 6.45) is 0. The summed E-state index contributed by atoms with van der Waals surface area (Å²) in [7, 11) is 0. The highest BCUT2D eigenvalue weighted by Crippen LogP contribution is 2.30. The smallest absolute Gasteiger partial charge is 0.0581 e. The maximum Gasteiger partial charge on any atom is 0.0581 e. The first kappa shape index (κ1) is 13.3. The molecule has 1 heterocycles. The van der Waals surface area contributed by atoms with Crippen molar-refractivity contribution in [2.24, 2.45) is 5.92 Å². The van der Waals surface area contributed by atoms with Gasteiger partial charge >= 0.3 is 0 Å². The van der Waals surface area contributed by atoms with Crippen molar-refractivity contribution in [1.29, 1.82) is 0 Å². The summed E-state index contributed by atoms with van der Waals surface area (Å²) in [6.45, 7) is 11.5. The fourth-order valence-electron chi connectivity index (χ4n) is 1.91. The molecule has 16 heavy (non-hydrogen) atoms. The fraction of sp³-hybridized carbons (Fsp3) is 0.571. The zero-order valence-corrected chi connectivity index (χ0v) is 11.7. The molecule has 1 N–H and O–H groups in total. The lowest BCUT2D eigenvalue weighted by molar-refractivity contribution is 0.431. The highest BCUT2D eigenvalue weighted by molar-refractivity contribution is 7.12. The zero-order valence-electron chi connectivity index (χ0n) is 10.8. The van der Waals surface area contributed by atoms with Gasteiger partial charge in [-0.15, -0.1) is 17.3 Å². The van der Waals surface area contributed by atoms with E-state index in [2.05, 4.69) is 50.9 Å². The van der Waals surface area contributed by atoms with Gasteiger partial charge in [-0.3, -0.25) is 5.32 Å². The Morgan fingerprint density at radius 3 is 2.50 bits per heavy atom. The van der Waals surface area contributed by atoms with Gasteiger partial charge in [-0.05, 0) is 38.3 Å². The van der Waals surface area contributed by atoms with E-state index in [1.54, 1.807) is 0 Å². The molecule has 1 aromatic rings. The lowest BCUT2D eigenvalue weighted by Crippen LogP contribution is -2.26. The molecule has 0 spiro atoms. The van der Waals surface area contributed by atoms with E-state index in [-0.39, 0.29) is 0 Å². The molecule has 0 fully saturated rings. The minimum Gasteiger partial charge on any atom is -0.299 e. The Hall–Kier alpha value is -0.780. The minimum atomic E-state index is 0.422. The normalized spacial score (nSPS) is 12.4. The van der Waals surface area contributed by atoms with Gasteiger partial charge < -0.3 is 0 Å². The second kappa shape index (κ2) is 6.08. The summed E-state index contributed by atoms with van der Waals surface area (Å²) in [5.74, 6) is 6.58. The lowest BCUT2D eigenvalue weighted by Gasteiger charge is -2.21. The van der Waals surface area contributed by atoms with E-state index in [1.807, 2.05) is 18.3 Å². The fourth-order valence-corrected chi connectivity index (χ4v) is 2.89. The van der Waals surface area contributed by atoms with Crippen LogP contribution in [0.2, 0.25) is 0 Å². The second-order valence-electron chi connectivity index (χ2n) is 4.40. The minimum absolute atomic E-state index is 0.422. The van der Waals surface area contributed by atoms with E-state index in [0.717, 1.165) is 6.54 Å². The molecule has 1 aromatic heterocycles. The molecule has 1 atom stereocenters. The third-order valence-corrected chi connectivity index (χ3v) is 3.65. The van der Waals surface area contributed by atoms with Crippen LogP contribution in [-0.2, 0) is 0 Å². The average molecular weight is 235 g/mol. The van der Waals surface area contributed by atoms with E-state index < -0.39 is 0 Å². The number of nitrogens with one attached hydrogen (secondary N) is 1. The summed E-state index contributed by atoms with van der Waals surface area (Å²) < 4.78 is 0. The van der Waals surface area contributed by atoms with E-state index in [4.69, 9.17) is 0 Å². The van der Waals surface area contributed by atoms with Crippen molar-refractivity contribution >= 4 is 11.3 Å². The van der Waals surface area contributed by atoms with Gasteiger partial charge in [0.1, 0.15) is 0 Å². The Morgan fingerprint density at radius 2 is 2.06 bits per heavy atom. The van der Waals surface area contributed by atoms with Crippen LogP contribution < -0.4 is 5.32 Å². The van der Waals surface area contributed by atoms with Crippen molar-refractivity contribution in [2.75, 3.05) is 6.54 Å². The van der Waals surface area contributed by atoms with Crippen LogP contribution in [0, 0.1) is 31.6 Å². The lowest BCUT2D eigenvalue weighted by atomic mass is 9.96. The second-order valence-corrected chi connectivity index (χ2v) is 5.86. The Bertz CT molecular complexity index is 393. The molecule has 88 valence electrons. The third kappa shape index (κ3) is 3.37. The van der Waals surface area contributed by atoms with Gasteiger partial charge in [0, 0.05) is 15.8 Å². The van der Waals surface area contributed by atoms with Crippen molar-refractivity contribution < 1.29 is 0 Å². The maximum absolute atomic E-state index is 3.52. The number of rotatable bonds is 4. The number of hydrogen-bond donors (Lipinski definition) is 1. The first-order valence-corrected chi connectivity index (χ1v) is 6.57. The molecule has 1 rings (SSSR count). The van der Waals surface area contributed by atoms with Crippen molar-refractivity contribution in [3.8, 4) is 11.8 Å². The van der Waals surface area contributed by atoms with Gasteiger partial charge in [0.25, 0.3) is 0 Å². The predicted molar refractivity (Wildman–Crippen MR) is 72.8 cm³/mol. The molecule has 2 heteroatoms. The SMILES string of the molecule is CC#CCNC(c1cc(C)sc1C)C(C)C. The molecule has 0 amide bonds. The topological polar surface area (TPSA) is 12.0 Å². The van der Waals surface area contributed by atoms with Crippen LogP contribution in [0.3, 0.4) is 0 Å². The first-order chi connectivity index (χ1) is 7.56. The summed E-state index contributed by atoms with van der Waals surface area (Å²) in [5, 5.41) is 3.52. The van der Waals surface area contributed by atoms with Crippen LogP contribution >= 0.6 is 11.3 Å². The van der Waals surface area contributed by atoms with Crippen LogP contribution in [0.4, 0.5) is 0 Å². The van der Waals surface area contributed by atoms with Crippen molar-refractivity contribution in [3.05, 3.63) is 21.4 Å². The molecule has 0 saturated carbocycles. The molecular formula is C14H21NS. The quantitative estimate of drug-likeness (QED) is 0.785. The van der Waals surface area contributed by atoms with Crippen LogP contribution in [-0.4, -0.2) is 6.54 Å². The third-order valence-electron chi connectivity index (χ3n) is 2.67. The molecule has 0 radical (unpaired) electrons. The first-order valence-electron chi connectivity index (χ1n) is 5.76. The molecule has 1 nitrogen and oxygen atoms in total. The van der Waals surface area contributed by atoms with Crippen molar-refractivity contribution in [3.63, 3.8) is 0 Å². The van der Waals surface area contributed by atoms with Gasteiger partial charge in [0.15, 0.2) is 0 Å². The Labute approximate surface area is 103 Å². The Balaban J connectivity index is 2.83. The van der Waals surface area contributed by atoms with Gasteiger partial charge in [-0.2, -0.15) is 0 Å². The highest BCUT2D eigenvalue weighted by Gasteiger charge is 2.18. The summed E-state index contributed by atoms with van der Waals surface area (Å²) in [5.41, 5.74) is 1.44. The molecule has 0 aliphatic carbocycles. The monoisotopic (exact) mass is 235 g/mol. The molecular weight excluding hydrogens is 214 g/mol. The number of hydrogen-bond acceptors (Lipinski definition) is 2. The van der Waals surface area contributed by atoms with E-state index in [1.165, 1.54) is 15.3 Å². The summed E-state index contributed by atoms with van der Waals surface area (Å²) >= 11 is 1.88. The number of aryl methyl sites for hydroxylation is 2. The largest absolute Gasteiger partial charge is 0.299 e. The molecule has 0 aromatic carbocycles. The average Bonchev–Trinajstić information content (AvgIpc) is 2.52. The van der Waals surface area contributed by atoms with Gasteiger partial charge in [0.05, 0.1) is 6.54 Å². The van der Waals surface area contributed by atoms with Gasteiger partial charge in [-0.25, -0.2) is 0 Å². The van der Waals surface area contributed by atoms with Crippen LogP contribution in [0.15, 0.2) is 6.07 Å². The molecule has 0 bridgehead atoms. The molecule has 0 aliphatic heterocycles. The molecule has 1 unspecified atom stereocenters. The summed E-state index contributed by atoms with van der Waals surface area (Å²) in [6, 6.07) is 2.72. The highest BCUT2D eigenvalue weighted by atomic mass is 32.1. The Morgan fingerprint density at radius 1 is 1.38 bits per heavy atom. The standard InChI is InChI=1S/C14H21NS/c1-6-7-8-15-14(10(2)3)13-9-11(4)16-12(13)5/h9-10,14-15H,8H2,1-5H3. The number of thiophene rings is 1. The maximum atomic E-state index is 3.52. The van der Waals surface area contributed by atoms with E-state index >= 15 is 0 Å². The van der Waals surface area contributed by atoms with Crippen LogP contribution in [0.5, 0.6) is 0 Å². The van der Waals surface area contributed by atoms with Gasteiger partial charge in [-0.1, -0.05) is 19.8 Å². The zero-order chi connectivity index (χ0) is 12.1. The van der Waals surface area contributed by atoms with Crippen molar-refractivity contribution in [1.82, 2.24) is 5.32 Å². The van der Waals surface area contributed by atoms with E-state index in [9.17, 15) is 0 Å². The van der Waals surface area contributed by atoms with Crippen LogP contribution in [0.25, 0.3) is 0 Å². The van der Waals surface area contributed by atoms with Gasteiger partial charge in [0.2, 0.25) is 0 Å². The van der Waals surface area contributed by atoms with Crippen molar-refractivity contribution in [2.45, 2.75) is 40.7 Å².